The van der Waals surface area contributed by atoms with Gasteiger partial charge in [0.25, 0.3) is 0 Å². The summed E-state index contributed by atoms with van der Waals surface area (Å²) in [6, 6.07) is 4.38. The number of halogens is 2. The van der Waals surface area contributed by atoms with Crippen molar-refractivity contribution in [1.82, 2.24) is 5.32 Å². The summed E-state index contributed by atoms with van der Waals surface area (Å²) in [5, 5.41) is 23.0. The van der Waals surface area contributed by atoms with Crippen LogP contribution in [0.5, 0.6) is 0 Å². The van der Waals surface area contributed by atoms with Crippen molar-refractivity contribution < 1.29 is 19.8 Å². The van der Waals surface area contributed by atoms with Gasteiger partial charge in [-0.15, -0.1) is 0 Å². The molecule has 0 spiro atoms. The summed E-state index contributed by atoms with van der Waals surface area (Å²) in [6.45, 7) is 0.0461. The van der Waals surface area contributed by atoms with Crippen LogP contribution in [0.2, 0.25) is 5.02 Å². The minimum absolute atomic E-state index is 0.0461. The molecule has 8 heteroatoms. The Morgan fingerprint density at radius 1 is 1.42 bits per heavy atom. The molecule has 0 saturated heterocycles. The number of rotatable bonds is 5. The molecule has 104 valence electrons. The Kier molecular flexibility index (Phi) is 6.07. The lowest BCUT2D eigenvalue weighted by molar-refractivity contribution is -0.146. The highest BCUT2D eigenvalue weighted by molar-refractivity contribution is 9.10. The largest absolute Gasteiger partial charge is 0.479 e. The van der Waals surface area contributed by atoms with Gasteiger partial charge >= 0.3 is 12.0 Å². The maximum absolute atomic E-state index is 11.5. The molecule has 6 nitrogen and oxygen atoms in total. The van der Waals surface area contributed by atoms with Crippen LogP contribution in [0.3, 0.4) is 0 Å². The van der Waals surface area contributed by atoms with Crippen molar-refractivity contribution in [3.63, 3.8) is 0 Å². The lowest BCUT2D eigenvalue weighted by atomic mass is 10.2. The molecule has 0 unspecified atom stereocenters. The molecule has 0 fully saturated rings. The third-order valence-corrected chi connectivity index (χ3v) is 3.06. The molecule has 0 saturated carbocycles. The molecule has 1 aromatic carbocycles. The highest BCUT2D eigenvalue weighted by Crippen LogP contribution is 2.25. The number of benzene rings is 1. The van der Waals surface area contributed by atoms with E-state index in [1.165, 1.54) is 0 Å². The Morgan fingerprint density at radius 3 is 2.68 bits per heavy atom. The van der Waals surface area contributed by atoms with Gasteiger partial charge in [-0.25, -0.2) is 9.59 Å². The number of carbonyl (C=O) groups excluding carboxylic acids is 1. The number of aliphatic carboxylic acids is 1. The molecule has 1 aromatic rings. The van der Waals surface area contributed by atoms with Crippen LogP contribution in [0.15, 0.2) is 22.7 Å². The van der Waals surface area contributed by atoms with Crippen LogP contribution in [0.25, 0.3) is 0 Å². The molecule has 2 amide bonds. The summed E-state index contributed by atoms with van der Waals surface area (Å²) in [6.07, 6.45) is -1.55. The summed E-state index contributed by atoms with van der Waals surface area (Å²) in [5.74, 6) is -1.32. The standard InChI is InChI=1S/C11H12BrClN2O4/c12-7-5-6(13)1-2-8(7)15-11(19)14-4-3-9(16)10(17)18/h1-2,5,9,16H,3-4H2,(H,17,18)(H2,14,15,19)/t9-/m0/s1. The Morgan fingerprint density at radius 2 is 2.11 bits per heavy atom. The zero-order valence-electron chi connectivity index (χ0n) is 9.69. The Balaban J connectivity index is 2.41. The average molecular weight is 352 g/mol. The number of carbonyl (C=O) groups is 2. The minimum atomic E-state index is -1.48. The van der Waals surface area contributed by atoms with Crippen LogP contribution in [0, 0.1) is 0 Å². The molecule has 4 N–H and O–H groups in total. The highest BCUT2D eigenvalue weighted by atomic mass is 79.9. The third kappa shape index (κ3) is 5.46. The van der Waals surface area contributed by atoms with Crippen LogP contribution >= 0.6 is 27.5 Å². The lowest BCUT2D eigenvalue weighted by Crippen LogP contribution is -2.33. The molecular formula is C11H12BrClN2O4. The fraction of sp³-hybridized carbons (Fsp3) is 0.273. The zero-order chi connectivity index (χ0) is 14.4. The van der Waals surface area contributed by atoms with Crippen LogP contribution in [-0.2, 0) is 4.79 Å². The van der Waals surface area contributed by atoms with Crippen molar-refractivity contribution in [3.05, 3.63) is 27.7 Å². The molecule has 0 aromatic heterocycles. The lowest BCUT2D eigenvalue weighted by Gasteiger charge is -2.10. The average Bonchev–Trinajstić information content (AvgIpc) is 2.32. The van der Waals surface area contributed by atoms with Gasteiger partial charge in [-0.1, -0.05) is 11.6 Å². The van der Waals surface area contributed by atoms with Gasteiger partial charge in [-0.3, -0.25) is 0 Å². The van der Waals surface area contributed by atoms with Crippen LogP contribution in [0.4, 0.5) is 10.5 Å². The minimum Gasteiger partial charge on any atom is -0.479 e. The molecule has 0 aliphatic rings. The number of anilines is 1. The van der Waals surface area contributed by atoms with E-state index in [-0.39, 0.29) is 13.0 Å². The molecule has 0 bridgehead atoms. The maximum Gasteiger partial charge on any atom is 0.332 e. The molecule has 0 radical (unpaired) electrons. The number of amides is 2. The topological polar surface area (TPSA) is 98.7 Å². The normalized spacial score (nSPS) is 11.7. The van der Waals surface area contributed by atoms with E-state index in [4.69, 9.17) is 21.8 Å². The number of aliphatic hydroxyl groups is 1. The van der Waals surface area contributed by atoms with Gasteiger partial charge in [-0.2, -0.15) is 0 Å². The summed E-state index contributed by atoms with van der Waals surface area (Å²) in [5.41, 5.74) is 0.528. The van der Waals surface area contributed by atoms with Crippen molar-refractivity contribution in [2.45, 2.75) is 12.5 Å². The smallest absolute Gasteiger partial charge is 0.332 e. The number of carboxylic acid groups (broad SMARTS) is 1. The fourth-order valence-electron chi connectivity index (χ4n) is 1.20. The van der Waals surface area contributed by atoms with Crippen molar-refractivity contribution in [3.8, 4) is 0 Å². The first-order valence-electron chi connectivity index (χ1n) is 5.31. The second kappa shape index (κ2) is 7.32. The predicted molar refractivity (Wildman–Crippen MR) is 74.4 cm³/mol. The van der Waals surface area contributed by atoms with Crippen molar-refractivity contribution in [2.75, 3.05) is 11.9 Å². The molecule has 1 rings (SSSR count). The van der Waals surface area contributed by atoms with Gasteiger partial charge in [0.05, 0.1) is 5.69 Å². The highest BCUT2D eigenvalue weighted by Gasteiger charge is 2.13. The molecule has 1 atom stereocenters. The SMILES string of the molecule is O=C(NCC[C@H](O)C(=O)O)Nc1ccc(Cl)cc1Br. The number of urea groups is 1. The molecule has 0 aliphatic heterocycles. The summed E-state index contributed by atoms with van der Waals surface area (Å²) in [4.78, 5) is 21.8. The van der Waals surface area contributed by atoms with E-state index < -0.39 is 18.1 Å². The van der Waals surface area contributed by atoms with E-state index in [1.54, 1.807) is 18.2 Å². The maximum atomic E-state index is 11.5. The van der Waals surface area contributed by atoms with Crippen LogP contribution in [-0.4, -0.2) is 34.9 Å². The van der Waals surface area contributed by atoms with Gasteiger partial charge in [0.15, 0.2) is 6.10 Å². The molecule has 0 heterocycles. The first kappa shape index (κ1) is 15.7. The summed E-state index contributed by atoms with van der Waals surface area (Å²) in [7, 11) is 0. The zero-order valence-corrected chi connectivity index (χ0v) is 12.0. The first-order valence-corrected chi connectivity index (χ1v) is 6.48. The second-order valence-electron chi connectivity index (χ2n) is 3.65. The number of aliphatic hydroxyl groups excluding tert-OH is 1. The van der Waals surface area contributed by atoms with E-state index in [0.717, 1.165) is 0 Å². The quantitative estimate of drug-likeness (QED) is 0.652. The predicted octanol–water partition coefficient (Wildman–Crippen LogP) is 2.06. The summed E-state index contributed by atoms with van der Waals surface area (Å²) < 4.78 is 0.626. The van der Waals surface area contributed by atoms with Crippen LogP contribution < -0.4 is 10.6 Å². The number of nitrogens with one attached hydrogen (secondary N) is 2. The van der Waals surface area contributed by atoms with Gasteiger partial charge < -0.3 is 20.8 Å². The third-order valence-electron chi connectivity index (χ3n) is 2.17. The van der Waals surface area contributed by atoms with Crippen molar-refractivity contribution in [1.29, 1.82) is 0 Å². The number of hydrogen-bond donors (Lipinski definition) is 4. The Labute approximate surface area is 122 Å². The van der Waals surface area contributed by atoms with E-state index >= 15 is 0 Å². The van der Waals surface area contributed by atoms with Gasteiger partial charge in [0, 0.05) is 22.5 Å². The molecule has 19 heavy (non-hydrogen) atoms. The summed E-state index contributed by atoms with van der Waals surface area (Å²) >= 11 is 9.00. The second-order valence-corrected chi connectivity index (χ2v) is 4.94. The van der Waals surface area contributed by atoms with E-state index in [0.29, 0.717) is 15.2 Å². The Hall–Kier alpha value is -1.31. The van der Waals surface area contributed by atoms with Gasteiger partial charge in [0.2, 0.25) is 0 Å². The van der Waals surface area contributed by atoms with Crippen molar-refractivity contribution in [2.24, 2.45) is 0 Å². The molecule has 0 aliphatic carbocycles. The van der Waals surface area contributed by atoms with Crippen molar-refractivity contribution >= 4 is 45.2 Å². The fourth-order valence-corrected chi connectivity index (χ4v) is 1.99. The first-order chi connectivity index (χ1) is 8.90. The monoisotopic (exact) mass is 350 g/mol. The van der Waals surface area contributed by atoms with Gasteiger partial charge in [0.1, 0.15) is 0 Å². The molecular weight excluding hydrogens is 339 g/mol. The number of hydrogen-bond acceptors (Lipinski definition) is 3. The van der Waals surface area contributed by atoms with E-state index in [9.17, 15) is 9.59 Å². The van der Waals surface area contributed by atoms with E-state index in [1.807, 2.05) is 0 Å². The number of carboxylic acids is 1. The van der Waals surface area contributed by atoms with Gasteiger partial charge in [-0.05, 0) is 34.1 Å². The van der Waals surface area contributed by atoms with E-state index in [2.05, 4.69) is 26.6 Å². The Bertz CT molecular complexity index is 484. The van der Waals surface area contributed by atoms with Crippen LogP contribution in [0.1, 0.15) is 6.42 Å².